The molecule has 1 saturated heterocycles. The lowest BCUT2D eigenvalue weighted by molar-refractivity contribution is -0.124. The highest BCUT2D eigenvalue weighted by molar-refractivity contribution is 5.80. The lowest BCUT2D eigenvalue weighted by Crippen LogP contribution is -2.35. The van der Waals surface area contributed by atoms with Crippen LogP contribution in [-0.4, -0.2) is 35.3 Å². The Hall–Kier alpha value is -2.14. The van der Waals surface area contributed by atoms with Gasteiger partial charge in [-0.15, -0.1) is 0 Å². The minimum absolute atomic E-state index is 0.0170. The van der Waals surface area contributed by atoms with Crippen molar-refractivity contribution in [3.63, 3.8) is 0 Å². The standard InChI is InChI=1S/C19H26N4O/c1-3-14-4-6-15(7-5-14)8-9-21-19(24)18-12-20-11-17(18)16-10-22-23(2)13-16/h4-7,10,13,17-18,20H,3,8-9,11-12H2,1-2H3,(H,21,24)/t17-,18+/m1/s1. The number of carbonyl (C=O) groups excluding carboxylic acids is 1. The first-order chi connectivity index (χ1) is 11.7. The van der Waals surface area contributed by atoms with Crippen molar-refractivity contribution in [1.29, 1.82) is 0 Å². The number of carbonyl (C=O) groups is 1. The van der Waals surface area contributed by atoms with E-state index < -0.39 is 0 Å². The summed E-state index contributed by atoms with van der Waals surface area (Å²) in [6.45, 7) is 4.41. The molecule has 1 aromatic heterocycles. The Kier molecular flexibility index (Phi) is 5.30. The van der Waals surface area contributed by atoms with Crippen LogP contribution in [0.5, 0.6) is 0 Å². The number of hydrogen-bond acceptors (Lipinski definition) is 3. The molecule has 1 aromatic carbocycles. The lowest BCUT2D eigenvalue weighted by atomic mass is 9.90. The van der Waals surface area contributed by atoms with E-state index in [1.807, 2.05) is 19.4 Å². The van der Waals surface area contributed by atoms with Gasteiger partial charge in [0.15, 0.2) is 0 Å². The van der Waals surface area contributed by atoms with Crippen molar-refractivity contribution in [2.24, 2.45) is 13.0 Å². The maximum absolute atomic E-state index is 12.5. The topological polar surface area (TPSA) is 59.0 Å². The maximum Gasteiger partial charge on any atom is 0.225 e. The molecule has 2 atom stereocenters. The van der Waals surface area contributed by atoms with Crippen molar-refractivity contribution in [2.45, 2.75) is 25.7 Å². The fourth-order valence-electron chi connectivity index (χ4n) is 3.34. The molecule has 0 unspecified atom stereocenters. The normalized spacial score (nSPS) is 20.2. The molecule has 0 aliphatic carbocycles. The molecule has 24 heavy (non-hydrogen) atoms. The van der Waals surface area contributed by atoms with Crippen LogP contribution >= 0.6 is 0 Å². The predicted molar refractivity (Wildman–Crippen MR) is 94.8 cm³/mol. The monoisotopic (exact) mass is 326 g/mol. The van der Waals surface area contributed by atoms with Gasteiger partial charge in [-0.3, -0.25) is 9.48 Å². The second-order valence-electron chi connectivity index (χ2n) is 6.53. The summed E-state index contributed by atoms with van der Waals surface area (Å²) >= 11 is 0. The molecule has 2 N–H and O–H groups in total. The van der Waals surface area contributed by atoms with Crippen LogP contribution in [0.15, 0.2) is 36.7 Å². The van der Waals surface area contributed by atoms with Crippen molar-refractivity contribution >= 4 is 5.91 Å². The van der Waals surface area contributed by atoms with Gasteiger partial charge in [0.05, 0.1) is 12.1 Å². The summed E-state index contributed by atoms with van der Waals surface area (Å²) < 4.78 is 1.79. The van der Waals surface area contributed by atoms with Crippen LogP contribution in [0.3, 0.4) is 0 Å². The second-order valence-corrected chi connectivity index (χ2v) is 6.53. The number of aromatic nitrogens is 2. The van der Waals surface area contributed by atoms with Crippen molar-refractivity contribution < 1.29 is 4.79 Å². The number of aryl methyl sites for hydroxylation is 2. The molecule has 3 rings (SSSR count). The fourth-order valence-corrected chi connectivity index (χ4v) is 3.34. The number of nitrogens with zero attached hydrogens (tertiary/aromatic N) is 2. The molecule has 5 nitrogen and oxygen atoms in total. The van der Waals surface area contributed by atoms with Crippen LogP contribution in [-0.2, 0) is 24.7 Å². The Bertz CT molecular complexity index is 677. The first-order valence-electron chi connectivity index (χ1n) is 8.72. The van der Waals surface area contributed by atoms with E-state index in [4.69, 9.17) is 0 Å². The average molecular weight is 326 g/mol. The smallest absolute Gasteiger partial charge is 0.225 e. The van der Waals surface area contributed by atoms with Gasteiger partial charge < -0.3 is 10.6 Å². The lowest BCUT2D eigenvalue weighted by Gasteiger charge is -2.17. The Morgan fingerprint density at radius 1 is 1.29 bits per heavy atom. The summed E-state index contributed by atoms with van der Waals surface area (Å²) in [4.78, 5) is 12.5. The highest BCUT2D eigenvalue weighted by Crippen LogP contribution is 2.27. The van der Waals surface area contributed by atoms with Crippen LogP contribution in [0.25, 0.3) is 0 Å². The third kappa shape index (κ3) is 3.85. The molecule has 0 spiro atoms. The fraction of sp³-hybridized carbons (Fsp3) is 0.474. The van der Waals surface area contributed by atoms with Crippen molar-refractivity contribution in [3.8, 4) is 0 Å². The molecular formula is C19H26N4O. The van der Waals surface area contributed by atoms with Crippen LogP contribution in [0, 0.1) is 5.92 Å². The number of benzene rings is 1. The Morgan fingerprint density at radius 2 is 2.04 bits per heavy atom. The molecular weight excluding hydrogens is 300 g/mol. The van der Waals surface area contributed by atoms with E-state index >= 15 is 0 Å². The second kappa shape index (κ2) is 7.62. The van der Waals surface area contributed by atoms with E-state index in [0.29, 0.717) is 6.54 Å². The Balaban J connectivity index is 1.52. The van der Waals surface area contributed by atoms with Gasteiger partial charge >= 0.3 is 0 Å². The summed E-state index contributed by atoms with van der Waals surface area (Å²) in [6.07, 6.45) is 5.80. The quantitative estimate of drug-likeness (QED) is 0.848. The Labute approximate surface area is 143 Å². The summed E-state index contributed by atoms with van der Waals surface area (Å²) in [5.74, 6) is 0.332. The molecule has 2 heterocycles. The van der Waals surface area contributed by atoms with Gasteiger partial charge in [0, 0.05) is 38.8 Å². The molecule has 1 aliphatic rings. The predicted octanol–water partition coefficient (Wildman–Crippen LogP) is 1.64. The zero-order chi connectivity index (χ0) is 16.9. The van der Waals surface area contributed by atoms with Crippen LogP contribution in [0.1, 0.15) is 29.5 Å². The van der Waals surface area contributed by atoms with Crippen LogP contribution < -0.4 is 10.6 Å². The number of rotatable bonds is 6. The summed E-state index contributed by atoms with van der Waals surface area (Å²) in [5, 5.41) is 10.7. The van der Waals surface area contributed by atoms with Gasteiger partial charge in [0.25, 0.3) is 0 Å². The van der Waals surface area contributed by atoms with Gasteiger partial charge in [-0.05, 0) is 29.5 Å². The van der Waals surface area contributed by atoms with Crippen LogP contribution in [0.2, 0.25) is 0 Å². The summed E-state index contributed by atoms with van der Waals surface area (Å²) in [6, 6.07) is 8.63. The molecule has 0 bridgehead atoms. The number of amides is 1. The van der Waals surface area contributed by atoms with Gasteiger partial charge in [-0.25, -0.2) is 0 Å². The highest BCUT2D eigenvalue weighted by atomic mass is 16.1. The third-order valence-corrected chi connectivity index (χ3v) is 4.85. The van der Waals surface area contributed by atoms with E-state index in [2.05, 4.69) is 46.9 Å². The third-order valence-electron chi connectivity index (χ3n) is 4.85. The molecule has 1 aliphatic heterocycles. The zero-order valence-corrected chi connectivity index (χ0v) is 14.5. The molecule has 1 fully saturated rings. The van der Waals surface area contributed by atoms with Gasteiger partial charge in [-0.1, -0.05) is 31.2 Å². The largest absolute Gasteiger partial charge is 0.355 e. The molecule has 0 saturated carbocycles. The highest BCUT2D eigenvalue weighted by Gasteiger charge is 2.34. The minimum atomic E-state index is -0.0170. The first kappa shape index (κ1) is 16.7. The zero-order valence-electron chi connectivity index (χ0n) is 14.5. The Morgan fingerprint density at radius 3 is 2.71 bits per heavy atom. The van der Waals surface area contributed by atoms with Gasteiger partial charge in [0.2, 0.25) is 5.91 Å². The van der Waals surface area contributed by atoms with E-state index in [1.165, 1.54) is 11.1 Å². The van der Waals surface area contributed by atoms with Gasteiger partial charge in [-0.2, -0.15) is 5.10 Å². The molecule has 1 amide bonds. The number of nitrogens with one attached hydrogen (secondary N) is 2. The van der Waals surface area contributed by atoms with E-state index in [-0.39, 0.29) is 17.7 Å². The molecule has 128 valence electrons. The van der Waals surface area contributed by atoms with E-state index in [1.54, 1.807) is 4.68 Å². The van der Waals surface area contributed by atoms with Crippen molar-refractivity contribution in [1.82, 2.24) is 20.4 Å². The van der Waals surface area contributed by atoms with E-state index in [0.717, 1.165) is 31.5 Å². The molecule has 2 aromatic rings. The first-order valence-corrected chi connectivity index (χ1v) is 8.72. The average Bonchev–Trinajstić information content (AvgIpc) is 3.24. The van der Waals surface area contributed by atoms with Crippen molar-refractivity contribution in [2.75, 3.05) is 19.6 Å². The minimum Gasteiger partial charge on any atom is -0.355 e. The van der Waals surface area contributed by atoms with Crippen molar-refractivity contribution in [3.05, 3.63) is 53.3 Å². The maximum atomic E-state index is 12.5. The molecule has 0 radical (unpaired) electrons. The SMILES string of the molecule is CCc1ccc(CCNC(=O)[C@H]2CNC[C@@H]2c2cnn(C)c2)cc1. The summed E-state index contributed by atoms with van der Waals surface area (Å²) in [7, 11) is 1.91. The van der Waals surface area contributed by atoms with E-state index in [9.17, 15) is 4.79 Å². The molecule has 5 heteroatoms. The van der Waals surface area contributed by atoms with Gasteiger partial charge in [0.1, 0.15) is 0 Å². The van der Waals surface area contributed by atoms with Crippen LogP contribution in [0.4, 0.5) is 0 Å². The summed E-state index contributed by atoms with van der Waals surface area (Å²) in [5.41, 5.74) is 3.75. The number of hydrogen-bond donors (Lipinski definition) is 2.